The topological polar surface area (TPSA) is 26.3 Å². The van der Waals surface area contributed by atoms with Crippen LogP contribution >= 0.6 is 0 Å². The molecule has 2 aromatic carbocycles. The third-order valence-electron chi connectivity index (χ3n) is 2.71. The average molecular weight is 256 g/mol. The number of hydrogen-bond donors (Lipinski definition) is 0. The first kappa shape index (κ1) is 13.0. The van der Waals surface area contributed by atoms with Crippen LogP contribution in [-0.2, 0) is 4.74 Å². The number of aryl methyl sites for hydroxylation is 1. The van der Waals surface area contributed by atoms with Gasteiger partial charge in [-0.1, -0.05) is 42.0 Å². The molecule has 0 bridgehead atoms. The minimum Gasteiger partial charge on any atom is -0.396 e. The molecule has 0 N–H and O–H groups in total. The molecule has 3 heteroatoms. The molecule has 0 aliphatic heterocycles. The first-order valence-corrected chi connectivity index (χ1v) is 5.80. The molecular weight excluding hydrogens is 243 g/mol. The summed E-state index contributed by atoms with van der Waals surface area (Å²) in [6, 6.07) is 13.7. The van der Waals surface area contributed by atoms with Crippen molar-refractivity contribution >= 4 is 5.97 Å². The van der Waals surface area contributed by atoms with Crippen LogP contribution in [0.4, 0.5) is 4.39 Å². The average Bonchev–Trinajstić information content (AvgIpc) is 2.39. The number of esters is 1. The number of carbonyl (C=O) groups excluding carboxylic acids is 1. The highest BCUT2D eigenvalue weighted by Gasteiger charge is 2.08. The summed E-state index contributed by atoms with van der Waals surface area (Å²) in [4.78, 5) is 11.4. The van der Waals surface area contributed by atoms with E-state index in [0.29, 0.717) is 0 Å². The van der Waals surface area contributed by atoms with Crippen molar-refractivity contribution in [2.24, 2.45) is 0 Å². The van der Waals surface area contributed by atoms with E-state index in [4.69, 9.17) is 0 Å². The highest BCUT2D eigenvalue weighted by molar-refractivity contribution is 5.90. The Morgan fingerprint density at radius 2 is 1.47 bits per heavy atom. The molecule has 96 valence electrons. The first-order chi connectivity index (χ1) is 9.06. The molecule has 0 heterocycles. The van der Waals surface area contributed by atoms with E-state index in [0.717, 1.165) is 11.1 Å². The molecule has 0 aliphatic rings. The summed E-state index contributed by atoms with van der Waals surface area (Å²) in [5.74, 6) is -0.747. The van der Waals surface area contributed by atoms with Crippen molar-refractivity contribution < 1.29 is 13.9 Å². The van der Waals surface area contributed by atoms with Crippen LogP contribution in [0.3, 0.4) is 0 Å². The van der Waals surface area contributed by atoms with Crippen LogP contribution in [0, 0.1) is 6.92 Å². The van der Waals surface area contributed by atoms with Crippen LogP contribution in [0.5, 0.6) is 0 Å². The zero-order valence-electron chi connectivity index (χ0n) is 10.5. The van der Waals surface area contributed by atoms with E-state index in [1.54, 1.807) is 24.3 Å². The third-order valence-corrected chi connectivity index (χ3v) is 2.71. The summed E-state index contributed by atoms with van der Waals surface area (Å²) in [5, 5.41) is 0. The van der Waals surface area contributed by atoms with Crippen LogP contribution in [0.25, 0.3) is 11.1 Å². The van der Waals surface area contributed by atoms with Crippen molar-refractivity contribution in [3.05, 3.63) is 72.2 Å². The fourth-order valence-corrected chi connectivity index (χ4v) is 1.70. The van der Waals surface area contributed by atoms with Gasteiger partial charge in [-0.2, -0.15) is 4.39 Å². The van der Waals surface area contributed by atoms with Crippen LogP contribution in [-0.4, -0.2) is 5.97 Å². The zero-order valence-corrected chi connectivity index (χ0v) is 10.5. The summed E-state index contributed by atoms with van der Waals surface area (Å²) in [6.45, 7) is 4.90. The minimum atomic E-state index is -1.10. The van der Waals surface area contributed by atoms with Gasteiger partial charge in [0.15, 0.2) is 0 Å². The predicted molar refractivity (Wildman–Crippen MR) is 72.3 cm³/mol. The van der Waals surface area contributed by atoms with Gasteiger partial charge < -0.3 is 4.74 Å². The smallest absolute Gasteiger partial charge is 0.345 e. The lowest BCUT2D eigenvalue weighted by Gasteiger charge is -2.04. The number of benzene rings is 2. The molecule has 0 radical (unpaired) electrons. The predicted octanol–water partition coefficient (Wildman–Crippen LogP) is 4.26. The monoisotopic (exact) mass is 256 g/mol. The maximum absolute atomic E-state index is 12.4. The molecule has 2 aromatic rings. The van der Waals surface area contributed by atoms with Gasteiger partial charge in [-0.3, -0.25) is 0 Å². The standard InChI is InChI=1S/C16H13FO2/c1-11-3-5-13(6-4-11)14-7-9-15(10-8-14)16(18)19-12(2)17/h3-10H,2H2,1H3. The quantitative estimate of drug-likeness (QED) is 0.606. The van der Waals surface area contributed by atoms with Crippen molar-refractivity contribution in [3.63, 3.8) is 0 Å². The lowest BCUT2D eigenvalue weighted by molar-refractivity contribution is 0.0546. The number of rotatable bonds is 3. The molecule has 0 unspecified atom stereocenters. The fraction of sp³-hybridized carbons (Fsp3) is 0.0625. The van der Waals surface area contributed by atoms with E-state index < -0.39 is 12.0 Å². The van der Waals surface area contributed by atoms with E-state index in [1.165, 1.54) is 5.56 Å². The number of ether oxygens (including phenoxy) is 1. The van der Waals surface area contributed by atoms with E-state index >= 15 is 0 Å². The Morgan fingerprint density at radius 1 is 1.00 bits per heavy atom. The molecule has 0 aromatic heterocycles. The largest absolute Gasteiger partial charge is 0.396 e. The SMILES string of the molecule is C=C(F)OC(=O)c1ccc(-c2ccc(C)cc2)cc1. The van der Waals surface area contributed by atoms with Crippen molar-refractivity contribution in [3.8, 4) is 11.1 Å². The second-order valence-electron chi connectivity index (χ2n) is 4.19. The molecular formula is C16H13FO2. The van der Waals surface area contributed by atoms with Crippen LogP contribution in [0.2, 0.25) is 0 Å². The number of carbonyl (C=O) groups is 1. The molecule has 0 amide bonds. The molecule has 0 atom stereocenters. The molecule has 19 heavy (non-hydrogen) atoms. The van der Waals surface area contributed by atoms with Crippen molar-refractivity contribution in [1.82, 2.24) is 0 Å². The number of hydrogen-bond acceptors (Lipinski definition) is 2. The van der Waals surface area contributed by atoms with E-state index in [9.17, 15) is 9.18 Å². The number of halogens is 1. The van der Waals surface area contributed by atoms with Gasteiger partial charge in [0.25, 0.3) is 6.01 Å². The summed E-state index contributed by atoms with van der Waals surface area (Å²) in [5.41, 5.74) is 3.51. The second kappa shape index (κ2) is 5.48. The van der Waals surface area contributed by atoms with Gasteiger partial charge in [0.05, 0.1) is 5.56 Å². The van der Waals surface area contributed by atoms with Crippen molar-refractivity contribution in [2.75, 3.05) is 0 Å². The Labute approximate surface area is 111 Å². The zero-order chi connectivity index (χ0) is 13.8. The molecule has 0 saturated carbocycles. The normalized spacial score (nSPS) is 10.0. The lowest BCUT2D eigenvalue weighted by atomic mass is 10.0. The van der Waals surface area contributed by atoms with E-state index in [-0.39, 0.29) is 5.56 Å². The van der Waals surface area contributed by atoms with Crippen LogP contribution in [0.15, 0.2) is 61.1 Å². The van der Waals surface area contributed by atoms with E-state index in [1.807, 2.05) is 31.2 Å². The molecule has 0 aliphatic carbocycles. The van der Waals surface area contributed by atoms with Gasteiger partial charge in [0.2, 0.25) is 0 Å². The van der Waals surface area contributed by atoms with Gasteiger partial charge in [-0.05, 0) is 36.8 Å². The first-order valence-electron chi connectivity index (χ1n) is 5.80. The molecule has 0 spiro atoms. The Morgan fingerprint density at radius 3 is 1.95 bits per heavy atom. The molecule has 0 fully saturated rings. The Kier molecular flexibility index (Phi) is 3.76. The van der Waals surface area contributed by atoms with Gasteiger partial charge in [-0.25, -0.2) is 4.79 Å². The Bertz CT molecular complexity index is 598. The van der Waals surface area contributed by atoms with Gasteiger partial charge in [-0.15, -0.1) is 0 Å². The molecule has 2 rings (SSSR count). The lowest BCUT2D eigenvalue weighted by Crippen LogP contribution is -2.02. The van der Waals surface area contributed by atoms with Gasteiger partial charge in [0.1, 0.15) is 0 Å². The summed E-state index contributed by atoms with van der Waals surface area (Å²) in [6.07, 6.45) is 0. The maximum Gasteiger partial charge on any atom is 0.345 e. The van der Waals surface area contributed by atoms with Gasteiger partial charge >= 0.3 is 5.97 Å². The van der Waals surface area contributed by atoms with E-state index in [2.05, 4.69) is 11.3 Å². The van der Waals surface area contributed by atoms with Crippen LogP contribution in [0.1, 0.15) is 15.9 Å². The molecule has 2 nitrogen and oxygen atoms in total. The summed E-state index contributed by atoms with van der Waals surface area (Å²) >= 11 is 0. The third kappa shape index (κ3) is 3.28. The maximum atomic E-state index is 12.4. The summed E-state index contributed by atoms with van der Waals surface area (Å²) in [7, 11) is 0. The highest BCUT2D eigenvalue weighted by atomic mass is 19.1. The van der Waals surface area contributed by atoms with Crippen molar-refractivity contribution in [1.29, 1.82) is 0 Å². The summed E-state index contributed by atoms with van der Waals surface area (Å²) < 4.78 is 16.7. The highest BCUT2D eigenvalue weighted by Crippen LogP contribution is 2.20. The second-order valence-corrected chi connectivity index (χ2v) is 4.19. The minimum absolute atomic E-state index is 0.287. The fourth-order valence-electron chi connectivity index (χ4n) is 1.70. The van der Waals surface area contributed by atoms with Crippen LogP contribution < -0.4 is 0 Å². The Hall–Kier alpha value is -2.42. The Balaban J connectivity index is 2.21. The van der Waals surface area contributed by atoms with Gasteiger partial charge in [0, 0.05) is 0 Å². The van der Waals surface area contributed by atoms with Crippen molar-refractivity contribution in [2.45, 2.75) is 6.92 Å². The molecule has 0 saturated heterocycles.